The molecule has 0 radical (unpaired) electrons. The summed E-state index contributed by atoms with van der Waals surface area (Å²) in [7, 11) is 0. The molecule has 0 aliphatic carbocycles. The maximum absolute atomic E-state index is 6.11. The summed E-state index contributed by atoms with van der Waals surface area (Å²) in [6, 6.07) is 10.2. The van der Waals surface area contributed by atoms with E-state index in [1.165, 1.54) is 5.69 Å². The number of halogens is 1. The zero-order valence-corrected chi connectivity index (χ0v) is 11.7. The third-order valence-electron chi connectivity index (χ3n) is 3.12. The van der Waals surface area contributed by atoms with Crippen molar-refractivity contribution >= 4 is 17.3 Å². The van der Waals surface area contributed by atoms with Crippen LogP contribution in [-0.4, -0.2) is 4.57 Å². The monoisotopic (exact) mass is 262 g/mol. The highest BCUT2D eigenvalue weighted by Gasteiger charge is 2.03. The molecule has 0 spiro atoms. The Morgan fingerprint density at radius 2 is 2.06 bits per heavy atom. The van der Waals surface area contributed by atoms with Gasteiger partial charge in [0.25, 0.3) is 0 Å². The largest absolute Gasteiger partial charge is 0.379 e. The first-order valence-electron chi connectivity index (χ1n) is 6.35. The Kier molecular flexibility index (Phi) is 4.32. The average Bonchev–Trinajstić information content (AvgIpc) is 2.79. The molecule has 1 aromatic heterocycles. The summed E-state index contributed by atoms with van der Waals surface area (Å²) in [5.41, 5.74) is 3.51. The van der Waals surface area contributed by atoms with Crippen LogP contribution in [0.25, 0.3) is 0 Å². The van der Waals surface area contributed by atoms with Crippen molar-refractivity contribution < 1.29 is 0 Å². The van der Waals surface area contributed by atoms with Crippen molar-refractivity contribution in [1.82, 2.24) is 4.57 Å². The number of nitrogens with one attached hydrogen (secondary N) is 1. The summed E-state index contributed by atoms with van der Waals surface area (Å²) >= 11 is 6.11. The summed E-state index contributed by atoms with van der Waals surface area (Å²) < 4.78 is 2.28. The number of hydrogen-bond donors (Lipinski definition) is 1. The molecule has 0 atom stereocenters. The highest BCUT2D eigenvalue weighted by atomic mass is 35.5. The molecule has 0 bridgehead atoms. The van der Waals surface area contributed by atoms with Crippen molar-refractivity contribution in [2.45, 2.75) is 33.4 Å². The molecule has 1 N–H and O–H groups in total. The number of hydrogen-bond acceptors (Lipinski definition) is 1. The normalized spacial score (nSPS) is 10.6. The zero-order valence-electron chi connectivity index (χ0n) is 10.9. The van der Waals surface area contributed by atoms with Gasteiger partial charge < -0.3 is 9.88 Å². The van der Waals surface area contributed by atoms with E-state index in [1.54, 1.807) is 0 Å². The van der Waals surface area contributed by atoms with E-state index < -0.39 is 0 Å². The van der Waals surface area contributed by atoms with Gasteiger partial charge in [-0.2, -0.15) is 0 Å². The van der Waals surface area contributed by atoms with Gasteiger partial charge >= 0.3 is 0 Å². The number of nitrogens with zero attached hydrogens (tertiary/aromatic N) is 1. The quantitative estimate of drug-likeness (QED) is 0.841. The van der Waals surface area contributed by atoms with Gasteiger partial charge in [-0.25, -0.2) is 0 Å². The predicted octanol–water partition coefficient (Wildman–Crippen LogP) is 4.47. The minimum atomic E-state index is 0.809. The van der Waals surface area contributed by atoms with Gasteiger partial charge in [-0.15, -0.1) is 0 Å². The lowest BCUT2D eigenvalue weighted by Gasteiger charge is -2.12. The van der Waals surface area contributed by atoms with E-state index in [0.29, 0.717) is 0 Å². The second-order valence-electron chi connectivity index (χ2n) is 4.46. The Labute approximate surface area is 114 Å². The summed E-state index contributed by atoms with van der Waals surface area (Å²) in [6.07, 6.45) is 3.28. The molecule has 0 unspecified atom stereocenters. The Hall–Kier alpha value is -1.41. The van der Waals surface area contributed by atoms with E-state index in [0.717, 1.165) is 35.8 Å². The van der Waals surface area contributed by atoms with Crippen LogP contribution in [0.2, 0.25) is 5.02 Å². The van der Waals surface area contributed by atoms with Gasteiger partial charge in [0.05, 0.1) is 6.54 Å². The van der Waals surface area contributed by atoms with Gasteiger partial charge in [0.2, 0.25) is 0 Å². The highest BCUT2D eigenvalue weighted by molar-refractivity contribution is 6.31. The van der Waals surface area contributed by atoms with Gasteiger partial charge in [-0.3, -0.25) is 0 Å². The van der Waals surface area contributed by atoms with Crippen LogP contribution in [0, 0.1) is 6.92 Å². The summed E-state index contributed by atoms with van der Waals surface area (Å²) in [4.78, 5) is 0. The lowest BCUT2D eigenvalue weighted by Crippen LogP contribution is -2.07. The molecular formula is C15H19ClN2. The number of anilines is 1. The van der Waals surface area contributed by atoms with Crippen molar-refractivity contribution in [2.24, 2.45) is 0 Å². The molecule has 1 heterocycles. The fourth-order valence-corrected chi connectivity index (χ4v) is 2.23. The zero-order chi connectivity index (χ0) is 13.0. The smallest absolute Gasteiger partial charge is 0.0553 e. The SMILES string of the molecule is CCCn1cccc1CNc1cccc(Cl)c1C. The lowest BCUT2D eigenvalue weighted by atomic mass is 10.2. The Bertz CT molecular complexity index is 517. The molecule has 2 rings (SSSR count). The molecule has 0 fully saturated rings. The van der Waals surface area contributed by atoms with Gasteiger partial charge in [-0.05, 0) is 43.2 Å². The van der Waals surface area contributed by atoms with Crippen LogP contribution in [0.5, 0.6) is 0 Å². The highest BCUT2D eigenvalue weighted by Crippen LogP contribution is 2.23. The topological polar surface area (TPSA) is 17.0 Å². The average molecular weight is 263 g/mol. The Morgan fingerprint density at radius 3 is 2.83 bits per heavy atom. The van der Waals surface area contributed by atoms with Gasteiger partial charge in [0.15, 0.2) is 0 Å². The molecule has 2 aromatic rings. The van der Waals surface area contributed by atoms with Crippen LogP contribution in [0.15, 0.2) is 36.5 Å². The fourth-order valence-electron chi connectivity index (χ4n) is 2.05. The molecule has 0 saturated carbocycles. The van der Waals surface area contributed by atoms with E-state index in [9.17, 15) is 0 Å². The van der Waals surface area contributed by atoms with Crippen LogP contribution < -0.4 is 5.32 Å². The van der Waals surface area contributed by atoms with Crippen LogP contribution in [0.4, 0.5) is 5.69 Å². The first-order valence-corrected chi connectivity index (χ1v) is 6.73. The molecule has 3 heteroatoms. The molecule has 0 amide bonds. The number of aryl methyl sites for hydroxylation is 1. The molecule has 18 heavy (non-hydrogen) atoms. The van der Waals surface area contributed by atoms with Crippen molar-refractivity contribution in [3.05, 3.63) is 52.8 Å². The summed E-state index contributed by atoms with van der Waals surface area (Å²) in [5.74, 6) is 0. The first kappa shape index (κ1) is 13.0. The molecule has 0 aliphatic rings. The van der Waals surface area contributed by atoms with Crippen LogP contribution in [-0.2, 0) is 13.1 Å². The molecule has 2 nitrogen and oxygen atoms in total. The molecular weight excluding hydrogens is 244 g/mol. The minimum Gasteiger partial charge on any atom is -0.379 e. The van der Waals surface area contributed by atoms with Crippen molar-refractivity contribution in [2.75, 3.05) is 5.32 Å². The van der Waals surface area contributed by atoms with Gasteiger partial charge in [0.1, 0.15) is 0 Å². The van der Waals surface area contributed by atoms with E-state index in [2.05, 4.69) is 41.2 Å². The van der Waals surface area contributed by atoms with E-state index in [1.807, 2.05) is 19.1 Å². The third kappa shape index (κ3) is 2.88. The Morgan fingerprint density at radius 1 is 1.22 bits per heavy atom. The Balaban J connectivity index is 2.07. The summed E-state index contributed by atoms with van der Waals surface area (Å²) in [6.45, 7) is 6.13. The second-order valence-corrected chi connectivity index (χ2v) is 4.87. The number of aromatic nitrogens is 1. The standard InChI is InChI=1S/C15H19ClN2/c1-3-9-18-10-5-6-13(18)11-17-15-8-4-7-14(16)12(15)2/h4-8,10,17H,3,9,11H2,1-2H3. The summed E-state index contributed by atoms with van der Waals surface area (Å²) in [5, 5.41) is 4.26. The maximum Gasteiger partial charge on any atom is 0.0553 e. The third-order valence-corrected chi connectivity index (χ3v) is 3.53. The van der Waals surface area contributed by atoms with Crippen LogP contribution in [0.3, 0.4) is 0 Å². The predicted molar refractivity (Wildman–Crippen MR) is 78.2 cm³/mol. The lowest BCUT2D eigenvalue weighted by molar-refractivity contribution is 0.654. The van der Waals surface area contributed by atoms with Gasteiger partial charge in [0, 0.05) is 29.1 Å². The van der Waals surface area contributed by atoms with E-state index >= 15 is 0 Å². The molecule has 0 aliphatic heterocycles. The maximum atomic E-state index is 6.11. The van der Waals surface area contributed by atoms with Crippen molar-refractivity contribution in [1.29, 1.82) is 0 Å². The van der Waals surface area contributed by atoms with Crippen LogP contribution >= 0.6 is 11.6 Å². The molecule has 96 valence electrons. The van der Waals surface area contributed by atoms with Crippen LogP contribution in [0.1, 0.15) is 24.6 Å². The first-order chi connectivity index (χ1) is 8.72. The van der Waals surface area contributed by atoms with Crippen molar-refractivity contribution in [3.63, 3.8) is 0 Å². The van der Waals surface area contributed by atoms with E-state index in [4.69, 9.17) is 11.6 Å². The number of benzene rings is 1. The molecule has 0 saturated heterocycles. The second kappa shape index (κ2) is 5.96. The van der Waals surface area contributed by atoms with Gasteiger partial charge in [-0.1, -0.05) is 24.6 Å². The van der Waals surface area contributed by atoms with Crippen molar-refractivity contribution in [3.8, 4) is 0 Å². The fraction of sp³-hybridized carbons (Fsp3) is 0.333. The minimum absolute atomic E-state index is 0.809. The number of rotatable bonds is 5. The van der Waals surface area contributed by atoms with E-state index in [-0.39, 0.29) is 0 Å². The molecule has 1 aromatic carbocycles.